The summed E-state index contributed by atoms with van der Waals surface area (Å²) in [7, 11) is 0. The first-order chi connectivity index (χ1) is 8.27. The topological polar surface area (TPSA) is 56.2 Å². The molecule has 18 heavy (non-hydrogen) atoms. The zero-order valence-electron chi connectivity index (χ0n) is 12.0. The fourth-order valence-corrected chi connectivity index (χ4v) is 3.10. The Kier molecular flexibility index (Phi) is 3.16. The van der Waals surface area contributed by atoms with E-state index in [1.807, 2.05) is 4.90 Å². The molecule has 1 aliphatic heterocycles. The number of carbonyl (C=O) groups is 1. The second-order valence-electron chi connectivity index (χ2n) is 7.01. The number of urea groups is 1. The van der Waals surface area contributed by atoms with Crippen LogP contribution < -0.4 is 5.32 Å². The van der Waals surface area contributed by atoms with Crippen molar-refractivity contribution in [2.45, 2.75) is 58.9 Å². The average Bonchev–Trinajstić information content (AvgIpc) is 2.46. The highest BCUT2D eigenvalue weighted by atomic mass is 16.2. The van der Waals surface area contributed by atoms with Crippen molar-refractivity contribution in [1.82, 2.24) is 10.2 Å². The molecule has 102 valence electrons. The normalized spacial score (nSPS) is 25.9. The Labute approximate surface area is 110 Å². The maximum Gasteiger partial charge on any atom is 0.323 e. The molecule has 1 aliphatic carbocycles. The van der Waals surface area contributed by atoms with Crippen molar-refractivity contribution < 1.29 is 4.79 Å². The molecule has 0 aromatic rings. The maximum atomic E-state index is 12.0. The number of amides is 2. The number of hydrogen-bond donors (Lipinski definition) is 2. The molecule has 1 saturated carbocycles. The van der Waals surface area contributed by atoms with Gasteiger partial charge >= 0.3 is 6.03 Å². The SMILES string of the molecule is CC(C)CN1C(=O)NC(=N)C12CCC(C)(C)CC2. The van der Waals surface area contributed by atoms with Crippen LogP contribution in [-0.2, 0) is 0 Å². The van der Waals surface area contributed by atoms with Crippen molar-refractivity contribution in [3.8, 4) is 0 Å². The van der Waals surface area contributed by atoms with Gasteiger partial charge in [-0.1, -0.05) is 27.7 Å². The van der Waals surface area contributed by atoms with Gasteiger partial charge in [-0.25, -0.2) is 4.79 Å². The molecule has 1 heterocycles. The van der Waals surface area contributed by atoms with Crippen molar-refractivity contribution in [3.05, 3.63) is 0 Å². The standard InChI is InChI=1S/C14H25N3O/c1-10(2)9-17-12(18)16-11(15)14(17)7-5-13(3,4)6-8-14/h10H,5-9H2,1-4H3,(H2,15,16,18). The highest BCUT2D eigenvalue weighted by Crippen LogP contribution is 2.45. The molecule has 0 aromatic carbocycles. The lowest BCUT2D eigenvalue weighted by Crippen LogP contribution is -2.53. The minimum Gasteiger partial charge on any atom is -0.311 e. The Morgan fingerprint density at radius 2 is 1.83 bits per heavy atom. The van der Waals surface area contributed by atoms with Gasteiger partial charge in [0.25, 0.3) is 0 Å². The Balaban J connectivity index is 2.23. The molecule has 4 heteroatoms. The lowest BCUT2D eigenvalue weighted by Gasteiger charge is -2.45. The van der Waals surface area contributed by atoms with Gasteiger partial charge in [0.1, 0.15) is 11.4 Å². The summed E-state index contributed by atoms with van der Waals surface area (Å²) in [6.07, 6.45) is 4.01. The highest BCUT2D eigenvalue weighted by molar-refractivity contribution is 6.08. The summed E-state index contributed by atoms with van der Waals surface area (Å²) < 4.78 is 0. The molecule has 2 amide bonds. The number of amidine groups is 1. The van der Waals surface area contributed by atoms with E-state index in [1.54, 1.807) is 0 Å². The Hall–Kier alpha value is -1.06. The first kappa shape index (κ1) is 13.4. The number of rotatable bonds is 2. The summed E-state index contributed by atoms with van der Waals surface area (Å²) in [5, 5.41) is 10.9. The zero-order valence-corrected chi connectivity index (χ0v) is 12.0. The van der Waals surface area contributed by atoms with Crippen LogP contribution in [0, 0.1) is 16.7 Å². The number of nitrogens with one attached hydrogen (secondary N) is 2. The summed E-state index contributed by atoms with van der Waals surface area (Å²) in [5.74, 6) is 0.858. The van der Waals surface area contributed by atoms with Crippen molar-refractivity contribution in [3.63, 3.8) is 0 Å². The van der Waals surface area contributed by atoms with Crippen LogP contribution in [0.15, 0.2) is 0 Å². The van der Waals surface area contributed by atoms with Gasteiger partial charge in [0, 0.05) is 6.54 Å². The lowest BCUT2D eigenvalue weighted by molar-refractivity contribution is 0.0942. The molecule has 2 fully saturated rings. The second kappa shape index (κ2) is 4.25. The summed E-state index contributed by atoms with van der Waals surface area (Å²) in [4.78, 5) is 13.9. The predicted octanol–water partition coefficient (Wildman–Crippen LogP) is 2.98. The largest absolute Gasteiger partial charge is 0.323 e. The van der Waals surface area contributed by atoms with Gasteiger partial charge in [-0.05, 0) is 37.0 Å². The van der Waals surface area contributed by atoms with Gasteiger partial charge in [0.15, 0.2) is 0 Å². The summed E-state index contributed by atoms with van der Waals surface area (Å²) in [5.41, 5.74) is 0.0115. The van der Waals surface area contributed by atoms with E-state index in [2.05, 4.69) is 33.0 Å². The monoisotopic (exact) mass is 251 g/mol. The molecule has 2 aliphatic rings. The van der Waals surface area contributed by atoms with Crippen LogP contribution in [0.4, 0.5) is 4.79 Å². The van der Waals surface area contributed by atoms with E-state index in [9.17, 15) is 4.79 Å². The zero-order chi connectivity index (χ0) is 13.6. The summed E-state index contributed by atoms with van der Waals surface area (Å²) in [6, 6.07) is -0.0755. The molecule has 1 spiro atoms. The maximum absolute atomic E-state index is 12.0. The molecular formula is C14H25N3O. The summed E-state index contributed by atoms with van der Waals surface area (Å²) in [6.45, 7) is 9.54. The van der Waals surface area contributed by atoms with E-state index in [0.717, 1.165) is 32.2 Å². The third-order valence-electron chi connectivity index (χ3n) is 4.44. The minimum atomic E-state index is -0.336. The van der Waals surface area contributed by atoms with Crippen molar-refractivity contribution in [2.75, 3.05) is 6.54 Å². The van der Waals surface area contributed by atoms with Crippen molar-refractivity contribution in [1.29, 1.82) is 5.41 Å². The van der Waals surface area contributed by atoms with Gasteiger partial charge in [0.05, 0.1) is 0 Å². The molecule has 0 atom stereocenters. The molecule has 0 radical (unpaired) electrons. The first-order valence-corrected chi connectivity index (χ1v) is 6.94. The van der Waals surface area contributed by atoms with Gasteiger partial charge in [-0.2, -0.15) is 0 Å². The van der Waals surface area contributed by atoms with Crippen LogP contribution in [0.2, 0.25) is 0 Å². The van der Waals surface area contributed by atoms with E-state index in [1.165, 1.54) is 0 Å². The lowest BCUT2D eigenvalue weighted by atomic mass is 9.68. The Bertz CT molecular complexity index is 363. The van der Waals surface area contributed by atoms with Crippen LogP contribution in [0.1, 0.15) is 53.4 Å². The average molecular weight is 251 g/mol. The van der Waals surface area contributed by atoms with E-state index in [4.69, 9.17) is 5.41 Å². The van der Waals surface area contributed by atoms with Crippen LogP contribution in [0.3, 0.4) is 0 Å². The molecule has 2 rings (SSSR count). The molecule has 2 N–H and O–H groups in total. The van der Waals surface area contributed by atoms with Crippen LogP contribution in [-0.4, -0.2) is 28.9 Å². The number of nitrogens with zero attached hydrogens (tertiary/aromatic N) is 1. The summed E-state index contributed by atoms with van der Waals surface area (Å²) >= 11 is 0. The van der Waals surface area contributed by atoms with E-state index in [0.29, 0.717) is 17.2 Å². The molecule has 0 aromatic heterocycles. The quantitative estimate of drug-likeness (QED) is 0.779. The fraction of sp³-hybridized carbons (Fsp3) is 0.857. The molecule has 1 saturated heterocycles. The van der Waals surface area contributed by atoms with Crippen molar-refractivity contribution in [2.24, 2.45) is 11.3 Å². The van der Waals surface area contributed by atoms with E-state index < -0.39 is 0 Å². The van der Waals surface area contributed by atoms with Crippen LogP contribution in [0.25, 0.3) is 0 Å². The van der Waals surface area contributed by atoms with E-state index in [-0.39, 0.29) is 11.6 Å². The van der Waals surface area contributed by atoms with E-state index >= 15 is 0 Å². The van der Waals surface area contributed by atoms with Crippen molar-refractivity contribution >= 4 is 11.9 Å². The van der Waals surface area contributed by atoms with Crippen LogP contribution >= 0.6 is 0 Å². The van der Waals surface area contributed by atoms with Gasteiger partial charge < -0.3 is 4.90 Å². The molecule has 0 bridgehead atoms. The van der Waals surface area contributed by atoms with Gasteiger partial charge in [-0.15, -0.1) is 0 Å². The Morgan fingerprint density at radius 3 is 2.33 bits per heavy atom. The third kappa shape index (κ3) is 2.13. The Morgan fingerprint density at radius 1 is 1.28 bits per heavy atom. The predicted molar refractivity (Wildman–Crippen MR) is 72.8 cm³/mol. The number of carbonyl (C=O) groups excluding carboxylic acids is 1. The third-order valence-corrected chi connectivity index (χ3v) is 4.44. The first-order valence-electron chi connectivity index (χ1n) is 6.94. The smallest absolute Gasteiger partial charge is 0.311 e. The minimum absolute atomic E-state index is 0.0755. The van der Waals surface area contributed by atoms with Gasteiger partial charge in [0.2, 0.25) is 0 Å². The van der Waals surface area contributed by atoms with Crippen LogP contribution in [0.5, 0.6) is 0 Å². The number of hydrogen-bond acceptors (Lipinski definition) is 2. The highest BCUT2D eigenvalue weighted by Gasteiger charge is 2.52. The molecule has 4 nitrogen and oxygen atoms in total. The second-order valence-corrected chi connectivity index (χ2v) is 7.01. The van der Waals surface area contributed by atoms with Gasteiger partial charge in [-0.3, -0.25) is 10.7 Å². The molecular weight excluding hydrogens is 226 g/mol. The molecule has 0 unspecified atom stereocenters. The fourth-order valence-electron chi connectivity index (χ4n) is 3.10.